The van der Waals surface area contributed by atoms with Crippen LogP contribution in [0.4, 0.5) is 0 Å². The van der Waals surface area contributed by atoms with Crippen molar-refractivity contribution in [3.8, 4) is 0 Å². The molecule has 0 aliphatic carbocycles. The Morgan fingerprint density at radius 3 is 1.71 bits per heavy atom. The van der Waals surface area contributed by atoms with Crippen LogP contribution in [-0.4, -0.2) is 6.38 Å². The summed E-state index contributed by atoms with van der Waals surface area (Å²) >= 11 is 4.64. The molecule has 0 radical (unpaired) electrons. The van der Waals surface area contributed by atoms with Crippen LogP contribution in [0, 0.1) is 0 Å². The van der Waals surface area contributed by atoms with Crippen molar-refractivity contribution in [1.29, 1.82) is 0 Å². The zero-order valence-electron chi connectivity index (χ0n) is 4.10. The van der Waals surface area contributed by atoms with E-state index in [4.69, 9.17) is 0 Å². The molecule has 1 heterocycles. The number of hydrogen-bond donors (Lipinski definition) is 0. The molecule has 40 valence electrons. The van der Waals surface area contributed by atoms with E-state index in [0.717, 1.165) is 0 Å². The smallest absolute Gasteiger partial charge is 0.0902 e. The van der Waals surface area contributed by atoms with E-state index < -0.39 is 0 Å². The third kappa shape index (κ3) is 3.40. The van der Waals surface area contributed by atoms with Gasteiger partial charge in [-0.05, 0) is 12.1 Å². The van der Waals surface area contributed by atoms with Gasteiger partial charge in [0.15, 0.2) is 0 Å². The molecule has 0 aromatic carbocycles. The first-order valence-electron chi connectivity index (χ1n) is 1.85. The molecule has 0 amide bonds. The first-order valence-corrected chi connectivity index (χ1v) is 2.61. The summed E-state index contributed by atoms with van der Waals surface area (Å²) in [6.45, 7) is 0. The Kier molecular flexibility index (Phi) is 5.23. The number of halogens is 1. The fourth-order valence-electron chi connectivity index (χ4n) is 0.227. The average Bonchev–Trinajstić information content (AvgIpc) is 2.23. The maximum absolute atomic E-state index is 4.64. The Labute approximate surface area is 47.9 Å². The molecule has 0 spiro atoms. The van der Waals surface area contributed by atoms with Gasteiger partial charge in [-0.1, -0.05) is 0 Å². The minimum Gasteiger partial charge on any atom is -0.473 e. The van der Waals surface area contributed by atoms with Crippen LogP contribution in [0.1, 0.15) is 0 Å². The van der Waals surface area contributed by atoms with Gasteiger partial charge >= 0.3 is 0 Å². The molecule has 1 aromatic rings. The lowest BCUT2D eigenvalue weighted by molar-refractivity contribution is 0.567. The fraction of sp³-hybridized carbons (Fsp3) is 0.200. The summed E-state index contributed by atoms with van der Waals surface area (Å²) in [6, 6.07) is 3.67. The van der Waals surface area contributed by atoms with Crippen LogP contribution in [0.2, 0.25) is 0 Å². The van der Waals surface area contributed by atoms with Crippen molar-refractivity contribution in [3.05, 3.63) is 24.7 Å². The van der Waals surface area contributed by atoms with E-state index in [2.05, 4.69) is 16.0 Å². The molecule has 0 saturated heterocycles. The van der Waals surface area contributed by atoms with Gasteiger partial charge in [0.1, 0.15) is 0 Å². The summed E-state index contributed by atoms with van der Waals surface area (Å²) in [7, 11) is 0. The Morgan fingerprint density at radius 2 is 1.57 bits per heavy atom. The van der Waals surface area contributed by atoms with Gasteiger partial charge in [0.2, 0.25) is 0 Å². The van der Waals surface area contributed by atoms with Gasteiger partial charge in [-0.25, -0.2) is 0 Å². The van der Waals surface area contributed by atoms with Gasteiger partial charge in [0.25, 0.3) is 0 Å². The molecule has 0 unspecified atom stereocenters. The van der Waals surface area contributed by atoms with Gasteiger partial charge in [-0.15, -0.1) is 11.6 Å². The highest BCUT2D eigenvalue weighted by atomic mass is 35.5. The van der Waals surface area contributed by atoms with Gasteiger partial charge < -0.3 is 4.42 Å². The van der Waals surface area contributed by atoms with Crippen LogP contribution >= 0.6 is 11.6 Å². The predicted octanol–water partition coefficient (Wildman–Crippen LogP) is 2.13. The van der Waals surface area contributed by atoms with Crippen LogP contribution in [0.15, 0.2) is 29.1 Å². The van der Waals surface area contributed by atoms with Gasteiger partial charge in [0, 0.05) is 6.38 Å². The fourth-order valence-corrected chi connectivity index (χ4v) is 0.227. The molecular weight excluding hydrogens is 112 g/mol. The monoisotopic (exact) mass is 118 g/mol. The van der Waals surface area contributed by atoms with Crippen molar-refractivity contribution in [2.75, 3.05) is 6.38 Å². The largest absolute Gasteiger partial charge is 0.473 e. The third-order valence-electron chi connectivity index (χ3n) is 0.425. The van der Waals surface area contributed by atoms with Crippen molar-refractivity contribution in [1.82, 2.24) is 0 Å². The first kappa shape index (κ1) is 6.57. The van der Waals surface area contributed by atoms with Crippen LogP contribution in [0.3, 0.4) is 0 Å². The second kappa shape index (κ2) is 5.57. The molecule has 1 rings (SSSR count). The Balaban J connectivity index is 0.000000162. The Hall–Kier alpha value is -0.430. The minimum absolute atomic E-state index is 1.47. The zero-order chi connectivity index (χ0) is 5.54. The van der Waals surface area contributed by atoms with Crippen molar-refractivity contribution < 1.29 is 4.42 Å². The first-order chi connectivity index (χ1) is 3.50. The molecule has 2 heteroatoms. The Morgan fingerprint density at radius 1 is 1.14 bits per heavy atom. The van der Waals surface area contributed by atoms with Gasteiger partial charge in [0.05, 0.1) is 12.5 Å². The lowest BCUT2D eigenvalue weighted by Gasteiger charge is -1.50. The highest BCUT2D eigenvalue weighted by Crippen LogP contribution is 1.79. The topological polar surface area (TPSA) is 13.1 Å². The second-order valence-corrected chi connectivity index (χ2v) is 0.793. The van der Waals surface area contributed by atoms with E-state index in [1.54, 1.807) is 12.5 Å². The molecule has 1 nitrogen and oxygen atoms in total. The number of hydrogen-bond acceptors (Lipinski definition) is 1. The molecular formula is C5H7ClO. The average molecular weight is 119 g/mol. The van der Waals surface area contributed by atoms with Gasteiger partial charge in [-0.3, -0.25) is 0 Å². The maximum atomic E-state index is 4.64. The normalized spacial score (nSPS) is 6.57. The second-order valence-electron chi connectivity index (χ2n) is 0.793. The molecule has 0 aliphatic rings. The molecule has 0 N–H and O–H groups in total. The lowest BCUT2D eigenvalue weighted by Crippen LogP contribution is -1.16. The quantitative estimate of drug-likeness (QED) is 0.476. The van der Waals surface area contributed by atoms with Crippen molar-refractivity contribution in [2.24, 2.45) is 0 Å². The number of furan rings is 1. The summed E-state index contributed by atoms with van der Waals surface area (Å²) in [4.78, 5) is 0. The van der Waals surface area contributed by atoms with Crippen LogP contribution in [-0.2, 0) is 0 Å². The predicted molar refractivity (Wildman–Crippen MR) is 30.5 cm³/mol. The molecule has 0 fully saturated rings. The summed E-state index contributed by atoms with van der Waals surface area (Å²) in [5, 5.41) is 0. The van der Waals surface area contributed by atoms with E-state index in [9.17, 15) is 0 Å². The van der Waals surface area contributed by atoms with E-state index in [0.29, 0.717) is 0 Å². The van der Waals surface area contributed by atoms with Crippen molar-refractivity contribution >= 4 is 11.6 Å². The SMILES string of the molecule is CCl.c1ccoc1. The highest BCUT2D eigenvalue weighted by molar-refractivity contribution is 6.15. The van der Waals surface area contributed by atoms with E-state index >= 15 is 0 Å². The summed E-state index contributed by atoms with van der Waals surface area (Å²) in [5.74, 6) is 0. The van der Waals surface area contributed by atoms with E-state index in [1.165, 1.54) is 6.38 Å². The molecule has 0 saturated carbocycles. The number of alkyl halides is 1. The van der Waals surface area contributed by atoms with E-state index in [1.807, 2.05) is 12.1 Å². The Bertz CT molecular complexity index is 64.6. The molecule has 0 aliphatic heterocycles. The van der Waals surface area contributed by atoms with Crippen molar-refractivity contribution in [3.63, 3.8) is 0 Å². The lowest BCUT2D eigenvalue weighted by atomic mass is 10.7. The zero-order valence-corrected chi connectivity index (χ0v) is 4.85. The molecule has 0 atom stereocenters. The minimum atomic E-state index is 1.47. The number of rotatable bonds is 0. The van der Waals surface area contributed by atoms with Gasteiger partial charge in [-0.2, -0.15) is 0 Å². The molecule has 0 bridgehead atoms. The summed E-state index contributed by atoms with van der Waals surface area (Å²) in [5.41, 5.74) is 0. The van der Waals surface area contributed by atoms with Crippen LogP contribution < -0.4 is 0 Å². The van der Waals surface area contributed by atoms with Crippen LogP contribution in [0.25, 0.3) is 0 Å². The van der Waals surface area contributed by atoms with Crippen molar-refractivity contribution in [2.45, 2.75) is 0 Å². The van der Waals surface area contributed by atoms with E-state index in [-0.39, 0.29) is 0 Å². The standard InChI is InChI=1S/C4H4O.CH3Cl/c1-2-4-5-3-1;1-2/h1-4H;1H3. The highest BCUT2D eigenvalue weighted by Gasteiger charge is 1.58. The summed E-state index contributed by atoms with van der Waals surface area (Å²) in [6.07, 6.45) is 4.72. The molecule has 7 heavy (non-hydrogen) atoms. The molecule has 1 aromatic heterocycles. The third-order valence-corrected chi connectivity index (χ3v) is 0.425. The summed E-state index contributed by atoms with van der Waals surface area (Å²) < 4.78 is 4.58. The van der Waals surface area contributed by atoms with Crippen LogP contribution in [0.5, 0.6) is 0 Å². The maximum Gasteiger partial charge on any atom is 0.0902 e.